The Morgan fingerprint density at radius 2 is 1.84 bits per heavy atom. The minimum absolute atomic E-state index is 0.0170. The Hall–Kier alpha value is -2.77. The van der Waals surface area contributed by atoms with Gasteiger partial charge in [0.25, 0.3) is 5.91 Å². The standard InChI is InChI=1S/C17H22N4O4/c1-25-13-4-2-12(3-5-13)20-8-10-21(11-9-20)15(22)7-6-14-16(23)19-17(24)18-14/h2-5,14H,6-11H2,1H3,(H2,18,19,23,24)/t14-/m0/s1. The molecule has 1 aromatic rings. The van der Waals surface area contributed by atoms with Crippen molar-refractivity contribution in [3.8, 4) is 5.75 Å². The number of ether oxygens (including phenoxy) is 1. The topological polar surface area (TPSA) is 91.0 Å². The van der Waals surface area contributed by atoms with Gasteiger partial charge >= 0.3 is 6.03 Å². The molecule has 3 rings (SSSR count). The van der Waals surface area contributed by atoms with Crippen molar-refractivity contribution in [2.75, 3.05) is 38.2 Å². The van der Waals surface area contributed by atoms with Gasteiger partial charge in [-0.05, 0) is 30.7 Å². The quantitative estimate of drug-likeness (QED) is 0.750. The maximum absolute atomic E-state index is 12.3. The Morgan fingerprint density at radius 1 is 1.16 bits per heavy atom. The predicted octanol–water partition coefficient (Wildman–Crippen LogP) is 0.332. The largest absolute Gasteiger partial charge is 0.497 e. The number of amides is 4. The van der Waals surface area contributed by atoms with Crippen LogP contribution in [0.3, 0.4) is 0 Å². The van der Waals surface area contributed by atoms with Crippen LogP contribution in [0.5, 0.6) is 5.75 Å². The molecule has 0 radical (unpaired) electrons. The zero-order valence-electron chi connectivity index (χ0n) is 14.2. The first-order valence-corrected chi connectivity index (χ1v) is 8.35. The highest BCUT2D eigenvalue weighted by Gasteiger charge is 2.30. The summed E-state index contributed by atoms with van der Waals surface area (Å²) in [6.45, 7) is 2.82. The number of anilines is 1. The number of urea groups is 1. The van der Waals surface area contributed by atoms with E-state index in [0.717, 1.165) is 24.5 Å². The molecule has 0 bridgehead atoms. The first-order chi connectivity index (χ1) is 12.1. The van der Waals surface area contributed by atoms with E-state index in [-0.39, 0.29) is 18.2 Å². The Labute approximate surface area is 146 Å². The third kappa shape index (κ3) is 4.01. The van der Waals surface area contributed by atoms with Crippen LogP contribution in [0.1, 0.15) is 12.8 Å². The fourth-order valence-electron chi connectivity index (χ4n) is 3.10. The molecule has 4 amide bonds. The minimum Gasteiger partial charge on any atom is -0.497 e. The molecule has 2 heterocycles. The zero-order valence-corrected chi connectivity index (χ0v) is 14.2. The van der Waals surface area contributed by atoms with Gasteiger partial charge in [-0.1, -0.05) is 0 Å². The van der Waals surface area contributed by atoms with Gasteiger partial charge in [0.05, 0.1) is 7.11 Å². The molecule has 2 aliphatic heterocycles. The molecule has 2 saturated heterocycles. The lowest BCUT2D eigenvalue weighted by atomic mass is 10.1. The van der Waals surface area contributed by atoms with Crippen molar-refractivity contribution in [2.24, 2.45) is 0 Å². The summed E-state index contributed by atoms with van der Waals surface area (Å²) in [4.78, 5) is 38.9. The summed E-state index contributed by atoms with van der Waals surface area (Å²) >= 11 is 0. The Morgan fingerprint density at radius 3 is 2.40 bits per heavy atom. The van der Waals surface area contributed by atoms with E-state index >= 15 is 0 Å². The molecule has 1 atom stereocenters. The first kappa shape index (κ1) is 17.1. The number of piperazine rings is 1. The van der Waals surface area contributed by atoms with E-state index in [0.29, 0.717) is 19.5 Å². The number of hydrogen-bond acceptors (Lipinski definition) is 5. The third-order valence-electron chi connectivity index (χ3n) is 4.58. The number of rotatable bonds is 5. The Kier molecular flexibility index (Phi) is 5.06. The van der Waals surface area contributed by atoms with E-state index in [4.69, 9.17) is 4.74 Å². The number of nitrogens with zero attached hydrogens (tertiary/aromatic N) is 2. The molecule has 0 spiro atoms. The van der Waals surface area contributed by atoms with E-state index in [1.807, 2.05) is 29.2 Å². The second kappa shape index (κ2) is 7.42. The average molecular weight is 346 g/mol. The number of hydrogen-bond donors (Lipinski definition) is 2. The van der Waals surface area contributed by atoms with Crippen molar-refractivity contribution in [1.29, 1.82) is 0 Å². The smallest absolute Gasteiger partial charge is 0.322 e. The number of nitrogens with one attached hydrogen (secondary N) is 2. The normalized spacial score (nSPS) is 20.3. The molecule has 8 heteroatoms. The molecule has 2 aliphatic rings. The monoisotopic (exact) mass is 346 g/mol. The van der Waals surface area contributed by atoms with Crippen LogP contribution in [0, 0.1) is 0 Å². The van der Waals surface area contributed by atoms with E-state index in [1.54, 1.807) is 7.11 Å². The van der Waals surface area contributed by atoms with Crippen LogP contribution in [0.4, 0.5) is 10.5 Å². The average Bonchev–Trinajstić information content (AvgIpc) is 2.97. The SMILES string of the molecule is COc1ccc(N2CCN(C(=O)CC[C@@H]3NC(=O)NC3=O)CC2)cc1. The van der Waals surface area contributed by atoms with E-state index < -0.39 is 12.1 Å². The summed E-state index contributed by atoms with van der Waals surface area (Å²) < 4.78 is 5.16. The van der Waals surface area contributed by atoms with Gasteiger partial charge in [0.15, 0.2) is 0 Å². The van der Waals surface area contributed by atoms with Crippen molar-refractivity contribution < 1.29 is 19.1 Å². The van der Waals surface area contributed by atoms with Crippen molar-refractivity contribution >= 4 is 23.5 Å². The van der Waals surface area contributed by atoms with Crippen LogP contribution >= 0.6 is 0 Å². The third-order valence-corrected chi connectivity index (χ3v) is 4.58. The highest BCUT2D eigenvalue weighted by molar-refractivity contribution is 6.04. The summed E-state index contributed by atoms with van der Waals surface area (Å²) in [7, 11) is 1.64. The fraction of sp³-hybridized carbons (Fsp3) is 0.471. The maximum atomic E-state index is 12.3. The molecule has 134 valence electrons. The highest BCUT2D eigenvalue weighted by Crippen LogP contribution is 2.20. The number of imide groups is 1. The van der Waals surface area contributed by atoms with Crippen LogP contribution < -0.4 is 20.3 Å². The van der Waals surface area contributed by atoms with Gasteiger partial charge in [0.1, 0.15) is 11.8 Å². The molecule has 0 unspecified atom stereocenters. The molecule has 8 nitrogen and oxygen atoms in total. The van der Waals surface area contributed by atoms with Crippen molar-refractivity contribution in [3.63, 3.8) is 0 Å². The van der Waals surface area contributed by atoms with Gasteiger partial charge in [-0.2, -0.15) is 0 Å². The summed E-state index contributed by atoms with van der Waals surface area (Å²) in [5, 5.41) is 4.68. The van der Waals surface area contributed by atoms with Gasteiger partial charge < -0.3 is 19.9 Å². The van der Waals surface area contributed by atoms with Crippen LogP contribution in [-0.4, -0.2) is 62.1 Å². The van der Waals surface area contributed by atoms with Gasteiger partial charge in [-0.15, -0.1) is 0 Å². The molecular weight excluding hydrogens is 324 g/mol. The summed E-state index contributed by atoms with van der Waals surface area (Å²) in [5.74, 6) is 0.478. The lowest BCUT2D eigenvalue weighted by Gasteiger charge is -2.36. The molecule has 0 aromatic heterocycles. The number of carbonyl (C=O) groups is 3. The van der Waals surface area contributed by atoms with Crippen LogP contribution in [-0.2, 0) is 9.59 Å². The Balaban J connectivity index is 1.45. The highest BCUT2D eigenvalue weighted by atomic mass is 16.5. The van der Waals surface area contributed by atoms with Crippen molar-refractivity contribution in [2.45, 2.75) is 18.9 Å². The number of carbonyl (C=O) groups excluding carboxylic acids is 3. The number of benzene rings is 1. The lowest BCUT2D eigenvalue weighted by molar-refractivity contribution is -0.131. The van der Waals surface area contributed by atoms with Gasteiger partial charge in [0, 0.05) is 38.3 Å². The van der Waals surface area contributed by atoms with Crippen molar-refractivity contribution in [1.82, 2.24) is 15.5 Å². The van der Waals surface area contributed by atoms with E-state index in [2.05, 4.69) is 15.5 Å². The zero-order chi connectivity index (χ0) is 17.8. The molecule has 0 aliphatic carbocycles. The van der Waals surface area contributed by atoms with Gasteiger partial charge in [-0.3, -0.25) is 14.9 Å². The molecule has 25 heavy (non-hydrogen) atoms. The second-order valence-electron chi connectivity index (χ2n) is 6.12. The number of methoxy groups -OCH3 is 1. The minimum atomic E-state index is -0.600. The van der Waals surface area contributed by atoms with E-state index in [1.165, 1.54) is 0 Å². The van der Waals surface area contributed by atoms with Crippen LogP contribution in [0.15, 0.2) is 24.3 Å². The predicted molar refractivity (Wildman–Crippen MR) is 91.5 cm³/mol. The first-order valence-electron chi connectivity index (χ1n) is 8.35. The van der Waals surface area contributed by atoms with Crippen LogP contribution in [0.2, 0.25) is 0 Å². The molecule has 1 aromatic carbocycles. The van der Waals surface area contributed by atoms with Crippen LogP contribution in [0.25, 0.3) is 0 Å². The van der Waals surface area contributed by atoms with E-state index in [9.17, 15) is 14.4 Å². The fourth-order valence-corrected chi connectivity index (χ4v) is 3.10. The second-order valence-corrected chi connectivity index (χ2v) is 6.12. The van der Waals surface area contributed by atoms with Gasteiger partial charge in [0.2, 0.25) is 5.91 Å². The summed E-state index contributed by atoms with van der Waals surface area (Å²) in [5.41, 5.74) is 1.11. The summed E-state index contributed by atoms with van der Waals surface area (Å²) in [6.07, 6.45) is 0.579. The lowest BCUT2D eigenvalue weighted by Crippen LogP contribution is -2.49. The van der Waals surface area contributed by atoms with Crippen molar-refractivity contribution in [3.05, 3.63) is 24.3 Å². The maximum Gasteiger partial charge on any atom is 0.322 e. The molecular formula is C17H22N4O4. The molecule has 2 fully saturated rings. The Bertz CT molecular complexity index is 653. The summed E-state index contributed by atoms with van der Waals surface area (Å²) in [6, 6.07) is 6.78. The molecule has 0 saturated carbocycles. The van der Waals surface area contributed by atoms with Gasteiger partial charge in [-0.25, -0.2) is 4.79 Å². The molecule has 2 N–H and O–H groups in total.